The van der Waals surface area contributed by atoms with Crippen molar-refractivity contribution < 1.29 is 77.6 Å². The number of hydrogen-bond donors (Lipinski definition) is 0. The Bertz CT molecular complexity index is 1530. The van der Waals surface area contributed by atoms with Gasteiger partial charge in [0, 0.05) is 51.9 Å². The Hall–Kier alpha value is -2.90. The molecule has 2 atom stereocenters. The van der Waals surface area contributed by atoms with Crippen molar-refractivity contribution in [2.75, 3.05) is 65.8 Å². The highest BCUT2D eigenvalue weighted by Gasteiger charge is 2.56. The van der Waals surface area contributed by atoms with E-state index in [4.69, 9.17) is 23.7 Å². The summed E-state index contributed by atoms with van der Waals surface area (Å²) in [5.74, 6) is -15.4. The SMILES string of the molecule is CCCCC/C=C\C/C=C\CCCCCCCC(=O)OCC(COC(=O)CCC(OCCCCCCC(F)(F)C(C)(F)F)OCCCCCCC(F)(F)C(F)(F)F)COC(=O)C1CCN(C2CCN(CC)CC2)CC1. The lowest BCUT2D eigenvalue weighted by Crippen LogP contribution is -2.48. The first-order valence-electron chi connectivity index (χ1n) is 28.4. The molecule has 10 nitrogen and oxygen atoms in total. The summed E-state index contributed by atoms with van der Waals surface area (Å²) >= 11 is 0. The lowest BCUT2D eigenvalue weighted by Gasteiger charge is -2.41. The number of hydrogen-bond acceptors (Lipinski definition) is 10. The average Bonchev–Trinajstić information content (AvgIpc) is 3.37. The normalized spacial score (nSPS) is 17.0. The lowest BCUT2D eigenvalue weighted by molar-refractivity contribution is -0.284. The largest absolute Gasteiger partial charge is 0.465 e. The monoisotopic (exact) mass is 1090 g/mol. The molecule has 438 valence electrons. The van der Waals surface area contributed by atoms with Gasteiger partial charge in [0.05, 0.1) is 18.3 Å². The van der Waals surface area contributed by atoms with Gasteiger partial charge in [0.25, 0.3) is 0 Å². The summed E-state index contributed by atoms with van der Waals surface area (Å²) in [6, 6.07) is 0.502. The van der Waals surface area contributed by atoms with Crippen LogP contribution in [-0.4, -0.2) is 130 Å². The number of rotatable bonds is 43. The van der Waals surface area contributed by atoms with Gasteiger partial charge in [-0.3, -0.25) is 14.4 Å². The standard InChI is InChI=1S/C56H93F9N2O8/c1-4-6-7-8-9-10-11-12-13-14-15-16-17-18-23-28-49(68)73-43-46(45-75-52(70)47-31-39-67(40-32-47)48-33-37-66(5-2)38-34-48)44-74-50(69)29-30-51(71-41-26-21-19-24-35-54(59,60)53(3,57)58)72-42-27-22-20-25-36-55(61,62)56(63,64)65/h9-10,12-13,46-48,51H,4-8,11,14-45H2,1-3H3/b10-9-,13-12-. The van der Waals surface area contributed by atoms with Crippen LogP contribution in [0.25, 0.3) is 0 Å². The van der Waals surface area contributed by atoms with Crippen LogP contribution in [0.5, 0.6) is 0 Å². The molecule has 2 saturated heterocycles. The number of carbonyl (C=O) groups excluding carboxylic acids is 3. The predicted molar refractivity (Wildman–Crippen MR) is 273 cm³/mol. The molecule has 2 unspecified atom stereocenters. The maximum Gasteiger partial charge on any atom is 0.453 e. The molecular weight excluding hydrogens is 1000 g/mol. The first-order valence-corrected chi connectivity index (χ1v) is 28.4. The second-order valence-electron chi connectivity index (χ2n) is 20.7. The molecule has 75 heavy (non-hydrogen) atoms. The van der Waals surface area contributed by atoms with Crippen molar-refractivity contribution >= 4 is 17.9 Å². The molecule has 0 saturated carbocycles. The van der Waals surface area contributed by atoms with E-state index in [-0.39, 0.29) is 103 Å². The Labute approximate surface area is 442 Å². The van der Waals surface area contributed by atoms with Gasteiger partial charge >= 0.3 is 41.9 Å². The minimum absolute atomic E-state index is 0.00690. The molecule has 0 aromatic rings. The van der Waals surface area contributed by atoms with Crippen molar-refractivity contribution in [2.45, 2.75) is 237 Å². The molecule has 0 bridgehead atoms. The summed E-state index contributed by atoms with van der Waals surface area (Å²) in [6.45, 7) is 8.92. The van der Waals surface area contributed by atoms with Crippen LogP contribution in [0.15, 0.2) is 24.3 Å². The summed E-state index contributed by atoms with van der Waals surface area (Å²) in [5, 5.41) is 0. The van der Waals surface area contributed by atoms with E-state index in [0.29, 0.717) is 44.6 Å². The predicted octanol–water partition coefficient (Wildman–Crippen LogP) is 14.8. The number of piperidine rings is 2. The molecule has 0 aliphatic carbocycles. The Morgan fingerprint density at radius 3 is 1.60 bits per heavy atom. The zero-order valence-corrected chi connectivity index (χ0v) is 45.6. The van der Waals surface area contributed by atoms with Crippen molar-refractivity contribution in [3.63, 3.8) is 0 Å². The second-order valence-corrected chi connectivity index (χ2v) is 20.7. The molecule has 0 amide bonds. The van der Waals surface area contributed by atoms with E-state index in [1.165, 1.54) is 19.3 Å². The molecule has 0 spiro atoms. The Balaban J connectivity index is 1.90. The van der Waals surface area contributed by atoms with Gasteiger partial charge in [0.15, 0.2) is 6.29 Å². The molecule has 19 heteroatoms. The Morgan fingerprint density at radius 1 is 0.560 bits per heavy atom. The van der Waals surface area contributed by atoms with E-state index >= 15 is 0 Å². The van der Waals surface area contributed by atoms with Gasteiger partial charge in [-0.2, -0.15) is 30.7 Å². The zero-order valence-electron chi connectivity index (χ0n) is 45.6. The summed E-state index contributed by atoms with van der Waals surface area (Å²) in [6.07, 6.45) is 16.2. The van der Waals surface area contributed by atoms with E-state index in [9.17, 15) is 53.9 Å². The van der Waals surface area contributed by atoms with E-state index in [1.54, 1.807) is 0 Å². The molecule has 0 aromatic heterocycles. The first kappa shape index (κ1) is 68.2. The van der Waals surface area contributed by atoms with Crippen molar-refractivity contribution in [3.05, 3.63) is 24.3 Å². The Morgan fingerprint density at radius 2 is 1.05 bits per heavy atom. The van der Waals surface area contributed by atoms with Crippen molar-refractivity contribution in [1.29, 1.82) is 0 Å². The van der Waals surface area contributed by atoms with E-state index in [2.05, 4.69) is 48.0 Å². The third-order valence-electron chi connectivity index (χ3n) is 14.2. The summed E-state index contributed by atoms with van der Waals surface area (Å²) in [4.78, 5) is 44.2. The fourth-order valence-electron chi connectivity index (χ4n) is 9.06. The topological polar surface area (TPSA) is 104 Å². The fourth-order valence-corrected chi connectivity index (χ4v) is 9.06. The number of carbonyl (C=O) groups is 3. The van der Waals surface area contributed by atoms with Gasteiger partial charge in [-0.05, 0) is 123 Å². The maximum absolute atomic E-state index is 13.7. The average molecular weight is 1090 g/mol. The fraction of sp³-hybridized carbons (Fsp3) is 0.875. The van der Waals surface area contributed by atoms with Crippen molar-refractivity contribution in [2.24, 2.45) is 11.8 Å². The van der Waals surface area contributed by atoms with Crippen LogP contribution in [-0.2, 0) is 38.1 Å². The number of likely N-dealkylation sites (tertiary alicyclic amines) is 2. The van der Waals surface area contributed by atoms with Gasteiger partial charge in [-0.25, -0.2) is 8.78 Å². The molecule has 0 radical (unpaired) electrons. The van der Waals surface area contributed by atoms with Crippen LogP contribution in [0.1, 0.15) is 201 Å². The molecule has 2 aliphatic rings. The smallest absolute Gasteiger partial charge is 0.453 e. The third kappa shape index (κ3) is 31.3. The van der Waals surface area contributed by atoms with E-state index in [0.717, 1.165) is 90.5 Å². The molecular formula is C56H93F9N2O8. The van der Waals surface area contributed by atoms with Gasteiger partial charge in [0.1, 0.15) is 19.8 Å². The highest BCUT2D eigenvalue weighted by Crippen LogP contribution is 2.40. The number of halogens is 9. The molecule has 2 rings (SSSR count). The minimum atomic E-state index is -5.62. The number of ether oxygens (including phenoxy) is 5. The van der Waals surface area contributed by atoms with Crippen LogP contribution in [0.3, 0.4) is 0 Å². The molecule has 2 fully saturated rings. The van der Waals surface area contributed by atoms with E-state index in [1.807, 2.05) is 0 Å². The number of nitrogens with zero attached hydrogens (tertiary/aromatic N) is 2. The second kappa shape index (κ2) is 38.6. The summed E-state index contributed by atoms with van der Waals surface area (Å²) in [7, 11) is 0. The van der Waals surface area contributed by atoms with Crippen LogP contribution in [0, 0.1) is 11.8 Å². The van der Waals surface area contributed by atoms with Crippen LogP contribution < -0.4 is 0 Å². The lowest BCUT2D eigenvalue weighted by atomic mass is 9.93. The zero-order chi connectivity index (χ0) is 55.4. The molecule has 2 aliphatic heterocycles. The number of esters is 3. The maximum atomic E-state index is 13.7. The molecule has 2 heterocycles. The van der Waals surface area contributed by atoms with Crippen LogP contribution >= 0.6 is 0 Å². The first-order chi connectivity index (χ1) is 35.7. The number of alkyl halides is 9. The number of allylic oxidation sites excluding steroid dienone is 4. The van der Waals surface area contributed by atoms with Crippen LogP contribution in [0.2, 0.25) is 0 Å². The Kier molecular flexibility index (Phi) is 35.1. The van der Waals surface area contributed by atoms with Gasteiger partial charge in [-0.1, -0.05) is 95.9 Å². The van der Waals surface area contributed by atoms with Crippen molar-refractivity contribution in [3.8, 4) is 0 Å². The van der Waals surface area contributed by atoms with E-state index < -0.39 is 60.9 Å². The molecule has 0 aromatic carbocycles. The highest BCUT2D eigenvalue weighted by molar-refractivity contribution is 5.72. The van der Waals surface area contributed by atoms with Crippen molar-refractivity contribution in [1.82, 2.24) is 9.80 Å². The quantitative estimate of drug-likeness (QED) is 0.0146. The van der Waals surface area contributed by atoms with Gasteiger partial charge in [-0.15, -0.1) is 0 Å². The van der Waals surface area contributed by atoms with Crippen LogP contribution in [0.4, 0.5) is 39.5 Å². The summed E-state index contributed by atoms with van der Waals surface area (Å²) in [5.41, 5.74) is 0. The summed E-state index contributed by atoms with van der Waals surface area (Å²) < 4.78 is 146. The number of unbranched alkanes of at least 4 members (excludes halogenated alkanes) is 14. The third-order valence-corrected chi connectivity index (χ3v) is 14.2. The molecule has 0 N–H and O–H groups in total. The minimum Gasteiger partial charge on any atom is -0.465 e. The van der Waals surface area contributed by atoms with Gasteiger partial charge < -0.3 is 33.5 Å². The van der Waals surface area contributed by atoms with Gasteiger partial charge in [0.2, 0.25) is 0 Å². The highest BCUT2D eigenvalue weighted by atomic mass is 19.4.